The lowest BCUT2D eigenvalue weighted by molar-refractivity contribution is -0.123. The first-order chi connectivity index (χ1) is 7.97. The molecule has 0 aliphatic rings. The van der Waals surface area contributed by atoms with Crippen molar-refractivity contribution in [1.82, 2.24) is 10.5 Å². The largest absolute Gasteiger partial charge is 0.393 e. The molecule has 0 aliphatic carbocycles. The lowest BCUT2D eigenvalue weighted by Crippen LogP contribution is -2.37. The fourth-order valence-corrected chi connectivity index (χ4v) is 1.84. The molecule has 5 nitrogen and oxygen atoms in total. The van der Waals surface area contributed by atoms with Crippen LogP contribution < -0.4 is 11.1 Å². The first-order valence-corrected chi connectivity index (χ1v) is 5.87. The van der Waals surface area contributed by atoms with Crippen LogP contribution in [0.15, 0.2) is 4.52 Å². The van der Waals surface area contributed by atoms with Gasteiger partial charge in [0.15, 0.2) is 0 Å². The molecule has 1 amide bonds. The van der Waals surface area contributed by atoms with Gasteiger partial charge in [-0.3, -0.25) is 4.79 Å². The Kier molecular flexibility index (Phi) is 4.62. The summed E-state index contributed by atoms with van der Waals surface area (Å²) in [6.45, 7) is 5.91. The van der Waals surface area contributed by atoms with Gasteiger partial charge in [0.05, 0.1) is 16.6 Å². The van der Waals surface area contributed by atoms with Crippen molar-refractivity contribution in [2.24, 2.45) is 11.7 Å². The first kappa shape index (κ1) is 13.6. The summed E-state index contributed by atoms with van der Waals surface area (Å²) < 4.78 is 5.01. The Morgan fingerprint density at radius 2 is 2.24 bits per heavy atom. The molecule has 0 saturated heterocycles. The Bertz CT molecular complexity index is 409. The molecule has 0 aromatic carbocycles. The van der Waals surface area contributed by atoms with E-state index < -0.39 is 5.92 Å². The number of carbonyl (C=O) groups is 1. The Labute approximate surface area is 106 Å². The minimum Gasteiger partial charge on any atom is -0.393 e. The van der Waals surface area contributed by atoms with Crippen molar-refractivity contribution in [3.63, 3.8) is 0 Å². The molecular weight excluding hydrogens is 238 g/mol. The van der Waals surface area contributed by atoms with E-state index in [0.717, 1.165) is 11.3 Å². The molecule has 0 fully saturated rings. The monoisotopic (exact) mass is 255 g/mol. The van der Waals surface area contributed by atoms with E-state index in [9.17, 15) is 4.79 Å². The SMILES string of the molecule is CCC(C(=O)NCc1c(C)noc1C)C(N)=S. The highest BCUT2D eigenvalue weighted by Gasteiger charge is 2.19. The Balaban J connectivity index is 2.62. The van der Waals surface area contributed by atoms with Gasteiger partial charge in [0.1, 0.15) is 5.76 Å². The van der Waals surface area contributed by atoms with Crippen LogP contribution in [0.2, 0.25) is 0 Å². The number of thiocarbonyl (C=S) groups is 1. The number of nitrogens with zero attached hydrogens (tertiary/aromatic N) is 1. The molecule has 1 atom stereocenters. The highest BCUT2D eigenvalue weighted by atomic mass is 32.1. The van der Waals surface area contributed by atoms with Crippen LogP contribution in [0.4, 0.5) is 0 Å². The van der Waals surface area contributed by atoms with Crippen LogP contribution in [0.1, 0.15) is 30.4 Å². The van der Waals surface area contributed by atoms with Crippen molar-refractivity contribution >= 4 is 23.1 Å². The zero-order chi connectivity index (χ0) is 13.0. The normalized spacial score (nSPS) is 12.2. The second kappa shape index (κ2) is 5.77. The summed E-state index contributed by atoms with van der Waals surface area (Å²) in [4.78, 5) is 12.0. The van der Waals surface area contributed by atoms with Gasteiger partial charge in [0.2, 0.25) is 5.91 Å². The maximum absolute atomic E-state index is 11.8. The third-order valence-electron chi connectivity index (χ3n) is 2.69. The van der Waals surface area contributed by atoms with E-state index in [0.29, 0.717) is 18.7 Å². The van der Waals surface area contributed by atoms with E-state index in [1.165, 1.54) is 0 Å². The van der Waals surface area contributed by atoms with Crippen molar-refractivity contribution in [2.75, 3.05) is 0 Å². The molecule has 17 heavy (non-hydrogen) atoms. The number of aromatic nitrogens is 1. The number of hydrogen-bond acceptors (Lipinski definition) is 4. The minimum absolute atomic E-state index is 0.153. The predicted molar refractivity (Wildman–Crippen MR) is 68.4 cm³/mol. The average Bonchev–Trinajstić information content (AvgIpc) is 2.56. The molecule has 0 radical (unpaired) electrons. The Morgan fingerprint density at radius 3 is 2.65 bits per heavy atom. The van der Waals surface area contributed by atoms with Crippen LogP contribution >= 0.6 is 12.2 Å². The van der Waals surface area contributed by atoms with E-state index in [2.05, 4.69) is 10.5 Å². The third kappa shape index (κ3) is 3.26. The predicted octanol–water partition coefficient (Wildman–Crippen LogP) is 1.22. The highest BCUT2D eigenvalue weighted by molar-refractivity contribution is 7.80. The van der Waals surface area contributed by atoms with Crippen LogP contribution in [0, 0.1) is 19.8 Å². The van der Waals surface area contributed by atoms with Crippen LogP contribution in [0.25, 0.3) is 0 Å². The molecule has 0 saturated carbocycles. The molecule has 1 rings (SSSR count). The molecule has 0 spiro atoms. The van der Waals surface area contributed by atoms with Gasteiger partial charge in [-0.2, -0.15) is 0 Å². The van der Waals surface area contributed by atoms with E-state index >= 15 is 0 Å². The van der Waals surface area contributed by atoms with Crippen LogP contribution in [0.5, 0.6) is 0 Å². The summed E-state index contributed by atoms with van der Waals surface area (Å²) in [5.41, 5.74) is 7.18. The quantitative estimate of drug-likeness (QED) is 0.773. The van der Waals surface area contributed by atoms with Crippen LogP contribution in [-0.2, 0) is 11.3 Å². The molecular formula is C11H17N3O2S. The van der Waals surface area contributed by atoms with Gasteiger partial charge in [0.25, 0.3) is 0 Å². The van der Waals surface area contributed by atoms with E-state index in [1.54, 1.807) is 0 Å². The van der Waals surface area contributed by atoms with Gasteiger partial charge in [0, 0.05) is 12.1 Å². The number of carbonyl (C=O) groups excluding carboxylic acids is 1. The van der Waals surface area contributed by atoms with E-state index in [4.69, 9.17) is 22.5 Å². The third-order valence-corrected chi connectivity index (χ3v) is 2.97. The number of aryl methyl sites for hydroxylation is 2. The van der Waals surface area contributed by atoms with E-state index in [-0.39, 0.29) is 10.9 Å². The molecule has 0 bridgehead atoms. The zero-order valence-corrected chi connectivity index (χ0v) is 11.1. The number of hydrogen-bond donors (Lipinski definition) is 2. The topological polar surface area (TPSA) is 81.2 Å². The van der Waals surface area contributed by atoms with Crippen molar-refractivity contribution < 1.29 is 9.32 Å². The molecule has 6 heteroatoms. The number of rotatable bonds is 5. The average molecular weight is 255 g/mol. The van der Waals surface area contributed by atoms with Crippen LogP contribution in [0.3, 0.4) is 0 Å². The number of amides is 1. The van der Waals surface area contributed by atoms with Gasteiger partial charge >= 0.3 is 0 Å². The lowest BCUT2D eigenvalue weighted by Gasteiger charge is -2.13. The number of nitrogens with one attached hydrogen (secondary N) is 1. The molecule has 3 N–H and O–H groups in total. The molecule has 1 aromatic rings. The van der Waals surface area contributed by atoms with Crippen molar-refractivity contribution in [3.05, 3.63) is 17.0 Å². The molecule has 1 aromatic heterocycles. The lowest BCUT2D eigenvalue weighted by atomic mass is 10.1. The second-order valence-corrected chi connectivity index (χ2v) is 4.36. The molecule has 94 valence electrons. The maximum Gasteiger partial charge on any atom is 0.230 e. The fourth-order valence-electron chi connectivity index (χ4n) is 1.57. The van der Waals surface area contributed by atoms with Crippen molar-refractivity contribution in [3.8, 4) is 0 Å². The molecule has 0 aliphatic heterocycles. The second-order valence-electron chi connectivity index (χ2n) is 3.88. The van der Waals surface area contributed by atoms with E-state index in [1.807, 2.05) is 20.8 Å². The summed E-state index contributed by atoms with van der Waals surface area (Å²) in [7, 11) is 0. The highest BCUT2D eigenvalue weighted by Crippen LogP contribution is 2.12. The van der Waals surface area contributed by atoms with Gasteiger partial charge in [-0.05, 0) is 20.3 Å². The van der Waals surface area contributed by atoms with Crippen molar-refractivity contribution in [1.29, 1.82) is 0 Å². The first-order valence-electron chi connectivity index (χ1n) is 5.46. The Hall–Kier alpha value is -1.43. The fraction of sp³-hybridized carbons (Fsp3) is 0.545. The van der Waals surface area contributed by atoms with Gasteiger partial charge < -0.3 is 15.6 Å². The van der Waals surface area contributed by atoms with Crippen molar-refractivity contribution in [2.45, 2.75) is 33.7 Å². The summed E-state index contributed by atoms with van der Waals surface area (Å²) in [6.07, 6.45) is 0.600. The molecule has 1 heterocycles. The van der Waals surface area contributed by atoms with Gasteiger partial charge in [-0.1, -0.05) is 24.3 Å². The van der Waals surface area contributed by atoms with Gasteiger partial charge in [-0.25, -0.2) is 0 Å². The zero-order valence-electron chi connectivity index (χ0n) is 10.2. The van der Waals surface area contributed by atoms with Crippen LogP contribution in [-0.4, -0.2) is 16.1 Å². The summed E-state index contributed by atoms with van der Waals surface area (Å²) in [5.74, 6) is 0.150. The summed E-state index contributed by atoms with van der Waals surface area (Å²) >= 11 is 4.84. The molecule has 1 unspecified atom stereocenters. The number of nitrogens with two attached hydrogens (primary N) is 1. The summed E-state index contributed by atoms with van der Waals surface area (Å²) in [6, 6.07) is 0. The van der Waals surface area contributed by atoms with Gasteiger partial charge in [-0.15, -0.1) is 0 Å². The maximum atomic E-state index is 11.8. The smallest absolute Gasteiger partial charge is 0.230 e. The Morgan fingerprint density at radius 1 is 1.59 bits per heavy atom. The standard InChI is InChI=1S/C11H17N3O2S/c1-4-8(10(12)17)11(15)13-5-9-6(2)14-16-7(9)3/h8H,4-5H2,1-3H3,(H2,12,17)(H,13,15). The summed E-state index contributed by atoms with van der Waals surface area (Å²) in [5, 5.41) is 6.61. The minimum atomic E-state index is -0.412.